The van der Waals surface area contributed by atoms with Crippen LogP contribution in [0.5, 0.6) is 5.75 Å². The molecule has 2 N–H and O–H groups in total. The Balaban J connectivity index is 2.28. The molecule has 0 fully saturated rings. The largest absolute Gasteiger partial charge is 0.573 e. The average Bonchev–Trinajstić information content (AvgIpc) is 2.55. The van der Waals surface area contributed by atoms with E-state index in [9.17, 15) is 17.4 Å². The van der Waals surface area contributed by atoms with Gasteiger partial charge in [0.2, 0.25) is 0 Å². The molecule has 11 heteroatoms. The zero-order valence-electron chi connectivity index (χ0n) is 14.9. The van der Waals surface area contributed by atoms with Crippen molar-refractivity contribution in [3.8, 4) is 5.75 Å². The van der Waals surface area contributed by atoms with Gasteiger partial charge in [0.15, 0.2) is 0 Å². The van der Waals surface area contributed by atoms with Gasteiger partial charge in [0.05, 0.1) is 21.0 Å². The van der Waals surface area contributed by atoms with Gasteiger partial charge in [-0.05, 0) is 56.1 Å². The van der Waals surface area contributed by atoms with E-state index in [1.54, 1.807) is 32.3 Å². The Morgan fingerprint density at radius 2 is 1.75 bits per heavy atom. The van der Waals surface area contributed by atoms with Crippen molar-refractivity contribution in [3.63, 3.8) is 0 Å². The summed E-state index contributed by atoms with van der Waals surface area (Å²) in [6, 6.07) is 8.71. The maximum atomic E-state index is 12.9. The topological polar surface area (TPSA) is 65.4 Å². The highest BCUT2D eigenvalue weighted by atomic mass is 35.5. The van der Waals surface area contributed by atoms with E-state index in [1.165, 1.54) is 0 Å². The van der Waals surface area contributed by atoms with Crippen LogP contribution in [0.25, 0.3) is 0 Å². The average molecular weight is 456 g/mol. The maximum Gasteiger partial charge on any atom is 0.573 e. The fraction of sp³-hybridized carbons (Fsp3) is 0.294. The normalized spacial score (nSPS) is 15.3. The van der Waals surface area contributed by atoms with E-state index in [0.29, 0.717) is 22.2 Å². The monoisotopic (exact) mass is 455 g/mol. The predicted molar refractivity (Wildman–Crippen MR) is 103 cm³/mol. The second-order valence-corrected chi connectivity index (χ2v) is 8.82. The van der Waals surface area contributed by atoms with E-state index in [2.05, 4.69) is 9.46 Å². The van der Waals surface area contributed by atoms with Gasteiger partial charge in [-0.25, -0.2) is 13.7 Å². The molecule has 0 amide bonds. The number of rotatable bonds is 7. The zero-order chi connectivity index (χ0) is 21.1. The highest BCUT2D eigenvalue weighted by Gasteiger charge is 2.31. The molecule has 2 aromatic rings. The molecule has 0 spiro atoms. The second-order valence-electron chi connectivity index (χ2n) is 6.18. The van der Waals surface area contributed by atoms with Crippen LogP contribution in [-0.2, 0) is 9.92 Å². The summed E-state index contributed by atoms with van der Waals surface area (Å²) in [5.74, 6) is -0.458. The summed E-state index contributed by atoms with van der Waals surface area (Å²) in [6.07, 6.45) is -4.83. The van der Waals surface area contributed by atoms with Gasteiger partial charge in [-0.1, -0.05) is 29.3 Å². The quantitative estimate of drug-likeness (QED) is 0.609. The number of alkyl halides is 3. The number of hydrogen-bond donors (Lipinski definition) is 2. The first kappa shape index (κ1) is 22.8. The lowest BCUT2D eigenvalue weighted by Gasteiger charge is -2.24. The van der Waals surface area contributed by atoms with Crippen LogP contribution in [0.3, 0.4) is 0 Å². The van der Waals surface area contributed by atoms with Crippen LogP contribution in [0.4, 0.5) is 13.2 Å². The third-order valence-corrected chi connectivity index (χ3v) is 5.88. The van der Waals surface area contributed by atoms with Crippen LogP contribution in [0, 0.1) is 4.78 Å². The Labute approximate surface area is 171 Å². The zero-order valence-corrected chi connectivity index (χ0v) is 17.2. The molecule has 0 aliphatic carbocycles. The van der Waals surface area contributed by atoms with Crippen LogP contribution >= 0.6 is 23.2 Å². The van der Waals surface area contributed by atoms with E-state index in [4.69, 9.17) is 28.0 Å². The van der Waals surface area contributed by atoms with Gasteiger partial charge in [-0.2, -0.15) is 0 Å². The highest BCUT2D eigenvalue weighted by Crippen LogP contribution is 2.28. The fourth-order valence-corrected chi connectivity index (χ4v) is 3.98. The Morgan fingerprint density at radius 1 is 1.14 bits per heavy atom. The number of nitrogens with zero attached hydrogens (tertiary/aromatic N) is 1. The van der Waals surface area contributed by atoms with Gasteiger partial charge in [-0.3, -0.25) is 0 Å². The first-order chi connectivity index (χ1) is 12.9. The van der Waals surface area contributed by atoms with Gasteiger partial charge in [0, 0.05) is 6.54 Å². The van der Waals surface area contributed by atoms with Gasteiger partial charge in [-0.15, -0.1) is 13.2 Å². The van der Waals surface area contributed by atoms with Crippen LogP contribution in [-0.4, -0.2) is 36.1 Å². The minimum atomic E-state index is -4.83. The minimum absolute atomic E-state index is 0.0193. The maximum absolute atomic E-state index is 12.9. The molecule has 0 aliphatic heterocycles. The van der Waals surface area contributed by atoms with Gasteiger partial charge in [0.1, 0.15) is 15.7 Å². The lowest BCUT2D eigenvalue weighted by molar-refractivity contribution is -0.274. The number of halogens is 5. The molecule has 2 unspecified atom stereocenters. The van der Waals surface area contributed by atoms with Crippen molar-refractivity contribution in [1.82, 2.24) is 9.62 Å². The first-order valence-electron chi connectivity index (χ1n) is 7.89. The number of hydrogen-bond acceptors (Lipinski definition) is 4. The molecule has 0 radical (unpaired) electrons. The van der Waals surface area contributed by atoms with Crippen molar-refractivity contribution in [2.24, 2.45) is 0 Å². The van der Waals surface area contributed by atoms with E-state index < -0.39 is 28.1 Å². The molecule has 154 valence electrons. The fourth-order valence-electron chi connectivity index (χ4n) is 2.41. The summed E-state index contributed by atoms with van der Waals surface area (Å²) >= 11 is 12.0. The van der Waals surface area contributed by atoms with Crippen molar-refractivity contribution >= 4 is 33.1 Å². The van der Waals surface area contributed by atoms with E-state index in [0.717, 1.165) is 24.3 Å². The van der Waals surface area contributed by atoms with Crippen LogP contribution < -0.4 is 9.46 Å². The van der Waals surface area contributed by atoms with Crippen molar-refractivity contribution in [1.29, 1.82) is 4.78 Å². The summed E-state index contributed by atoms with van der Waals surface area (Å²) in [5, 5.41) is 0.677. The number of benzene rings is 2. The van der Waals surface area contributed by atoms with Crippen LogP contribution in [0.15, 0.2) is 47.4 Å². The summed E-state index contributed by atoms with van der Waals surface area (Å²) in [7, 11) is 0.0873. The Morgan fingerprint density at radius 3 is 2.25 bits per heavy atom. The Hall–Kier alpha value is -1.52. The molecule has 0 saturated heterocycles. The van der Waals surface area contributed by atoms with Crippen LogP contribution in [0.2, 0.25) is 10.0 Å². The molecule has 2 aromatic carbocycles. The lowest BCUT2D eigenvalue weighted by atomic mass is 10.1. The third-order valence-electron chi connectivity index (χ3n) is 3.59. The molecule has 0 aromatic heterocycles. The number of nitrogens with one attached hydrogen (secondary N) is 2. The molecule has 2 rings (SSSR count). The second kappa shape index (κ2) is 8.87. The highest BCUT2D eigenvalue weighted by molar-refractivity contribution is 7.90. The lowest BCUT2D eigenvalue weighted by Crippen LogP contribution is -2.34. The third kappa shape index (κ3) is 6.52. The van der Waals surface area contributed by atoms with Crippen LogP contribution in [0.1, 0.15) is 11.6 Å². The SMILES string of the molecule is CN(C)CC(NS(=N)(=O)c1ccc(OC(F)(F)F)cc1)c1ccc(Cl)c(Cl)c1. The molecular weight excluding hydrogens is 438 g/mol. The van der Waals surface area contributed by atoms with E-state index in [-0.39, 0.29) is 4.90 Å². The Kier molecular flexibility index (Phi) is 7.22. The molecule has 0 saturated carbocycles. The molecule has 0 aliphatic rings. The summed E-state index contributed by atoms with van der Waals surface area (Å²) in [4.78, 5) is 1.85. The number of ether oxygens (including phenoxy) is 1. The van der Waals surface area contributed by atoms with Crippen molar-refractivity contribution in [3.05, 3.63) is 58.1 Å². The molecule has 5 nitrogen and oxygen atoms in total. The van der Waals surface area contributed by atoms with Crippen molar-refractivity contribution in [2.75, 3.05) is 20.6 Å². The van der Waals surface area contributed by atoms with Gasteiger partial charge in [0.25, 0.3) is 0 Å². The molecular formula is C17H18Cl2F3N3O2S. The minimum Gasteiger partial charge on any atom is -0.406 e. The first-order valence-corrected chi connectivity index (χ1v) is 10.2. The summed E-state index contributed by atoms with van der Waals surface area (Å²) < 4.78 is 64.5. The standard InChI is InChI=1S/C17H18Cl2F3N3O2S/c1-25(2)10-16(11-3-8-14(18)15(19)9-11)24-28(23,26)13-6-4-12(5-7-13)27-17(20,21)22/h3-9,16H,10H2,1-2H3,(H2,23,24,26). The van der Waals surface area contributed by atoms with E-state index in [1.807, 2.05) is 4.90 Å². The Bertz CT molecular complexity index is 920. The smallest absolute Gasteiger partial charge is 0.406 e. The van der Waals surface area contributed by atoms with Crippen molar-refractivity contribution in [2.45, 2.75) is 17.3 Å². The number of likely N-dealkylation sites (N-methyl/N-ethyl adjacent to an activating group) is 1. The van der Waals surface area contributed by atoms with Gasteiger partial charge >= 0.3 is 6.36 Å². The molecule has 0 bridgehead atoms. The predicted octanol–water partition coefficient (Wildman–Crippen LogP) is 5.11. The molecule has 2 atom stereocenters. The summed E-state index contributed by atoms with van der Waals surface area (Å²) in [6.45, 7) is 0.392. The van der Waals surface area contributed by atoms with E-state index >= 15 is 0 Å². The summed E-state index contributed by atoms with van der Waals surface area (Å²) in [5.41, 5.74) is 0.667. The molecule has 28 heavy (non-hydrogen) atoms. The molecule has 0 heterocycles. The van der Waals surface area contributed by atoms with Crippen molar-refractivity contribution < 1.29 is 22.1 Å². The van der Waals surface area contributed by atoms with Gasteiger partial charge < -0.3 is 9.64 Å².